The molecule has 2 aromatic carbocycles. The molecule has 1 aliphatic heterocycles. The van der Waals surface area contributed by atoms with Crippen molar-refractivity contribution in [3.8, 4) is 0 Å². The fraction of sp³-hybridized carbons (Fsp3) is 0.312. The number of piperidine rings is 1. The molecule has 2 N–H and O–H groups in total. The zero-order valence-electron chi connectivity index (χ0n) is 22.8. The van der Waals surface area contributed by atoms with Gasteiger partial charge in [-0.2, -0.15) is 0 Å². The number of carbonyl (C=O) groups excluding carboxylic acids is 1. The summed E-state index contributed by atoms with van der Waals surface area (Å²) in [6.45, 7) is 3.45. The van der Waals surface area contributed by atoms with Crippen LogP contribution in [0.4, 0.5) is 5.82 Å². The fourth-order valence-corrected chi connectivity index (χ4v) is 5.41. The van der Waals surface area contributed by atoms with E-state index in [0.29, 0.717) is 12.4 Å². The SMILES string of the molecule is CN(Cc1cc2ccccc2n1C)C(=O)/C=C/c1cnc(N)c(CN2CCC(Cc3ccccc3)CC2)c1.Cl. The molecule has 0 saturated carbocycles. The van der Waals surface area contributed by atoms with Crippen molar-refractivity contribution < 1.29 is 4.79 Å². The predicted molar refractivity (Wildman–Crippen MR) is 162 cm³/mol. The van der Waals surface area contributed by atoms with E-state index in [2.05, 4.69) is 69.0 Å². The number of nitrogen functional groups attached to an aromatic ring is 1. The number of hydrogen-bond donors (Lipinski definition) is 1. The summed E-state index contributed by atoms with van der Waals surface area (Å²) in [6, 6.07) is 23.2. The van der Waals surface area contributed by atoms with Crippen LogP contribution in [0.1, 0.15) is 35.2 Å². The molecule has 0 bridgehead atoms. The standard InChI is InChI=1S/C32H37N5O.ClH/c1-35(23-29-20-27-10-6-7-11-30(27)36(29)2)31(38)13-12-26-19-28(32(33)34-21-26)22-37-16-14-25(15-17-37)18-24-8-4-3-5-9-24;/h3-13,19-21,25H,14-18,22-23H2,1-2H3,(H2,33,34);1H/b13-12+;. The van der Waals surface area contributed by atoms with Crippen molar-refractivity contribution in [2.24, 2.45) is 13.0 Å². The second kappa shape index (κ2) is 13.0. The molecule has 7 heteroatoms. The number of halogens is 1. The summed E-state index contributed by atoms with van der Waals surface area (Å²) < 4.78 is 2.14. The number of para-hydroxylation sites is 1. The number of pyridine rings is 1. The highest BCUT2D eigenvalue weighted by Gasteiger charge is 2.20. The van der Waals surface area contributed by atoms with Crippen molar-refractivity contribution in [2.75, 3.05) is 25.9 Å². The van der Waals surface area contributed by atoms with E-state index in [1.807, 2.05) is 32.3 Å². The van der Waals surface area contributed by atoms with Crippen LogP contribution in [-0.4, -0.2) is 45.4 Å². The van der Waals surface area contributed by atoms with Gasteiger partial charge in [-0.3, -0.25) is 9.69 Å². The van der Waals surface area contributed by atoms with Gasteiger partial charge in [-0.15, -0.1) is 12.4 Å². The van der Waals surface area contributed by atoms with Gasteiger partial charge < -0.3 is 15.2 Å². The van der Waals surface area contributed by atoms with E-state index in [1.54, 1.807) is 17.2 Å². The number of nitrogens with two attached hydrogens (primary N) is 1. The van der Waals surface area contributed by atoms with Gasteiger partial charge in [-0.1, -0.05) is 48.5 Å². The van der Waals surface area contributed by atoms with Gasteiger partial charge in [-0.05, 0) is 79.1 Å². The van der Waals surface area contributed by atoms with Crippen molar-refractivity contribution in [3.63, 3.8) is 0 Å². The minimum absolute atomic E-state index is 0. The molecule has 3 heterocycles. The molecule has 0 radical (unpaired) electrons. The zero-order valence-corrected chi connectivity index (χ0v) is 23.6. The Bertz CT molecular complexity index is 1420. The van der Waals surface area contributed by atoms with Crippen LogP contribution in [-0.2, 0) is 31.4 Å². The topological polar surface area (TPSA) is 67.4 Å². The monoisotopic (exact) mass is 543 g/mol. The van der Waals surface area contributed by atoms with E-state index in [4.69, 9.17) is 5.73 Å². The number of amides is 1. The van der Waals surface area contributed by atoms with Gasteiger partial charge in [0.25, 0.3) is 0 Å². The Labute approximate surface area is 237 Å². The first-order valence-corrected chi connectivity index (χ1v) is 13.4. The number of hydrogen-bond acceptors (Lipinski definition) is 4. The van der Waals surface area contributed by atoms with Crippen molar-refractivity contribution >= 4 is 41.1 Å². The van der Waals surface area contributed by atoms with Crippen LogP contribution in [0.2, 0.25) is 0 Å². The lowest BCUT2D eigenvalue weighted by molar-refractivity contribution is -0.125. The molecule has 1 amide bonds. The van der Waals surface area contributed by atoms with Crippen molar-refractivity contribution in [2.45, 2.75) is 32.4 Å². The van der Waals surface area contributed by atoms with Gasteiger partial charge in [0.2, 0.25) is 5.91 Å². The van der Waals surface area contributed by atoms with Crippen LogP contribution in [0.25, 0.3) is 17.0 Å². The van der Waals surface area contributed by atoms with Gasteiger partial charge in [-0.25, -0.2) is 4.98 Å². The van der Waals surface area contributed by atoms with Crippen LogP contribution in [0.3, 0.4) is 0 Å². The Morgan fingerprint density at radius 2 is 1.79 bits per heavy atom. The molecule has 4 aromatic rings. The number of anilines is 1. The molecule has 0 aliphatic carbocycles. The van der Waals surface area contributed by atoms with Crippen molar-refractivity contribution in [3.05, 3.63) is 101 Å². The molecule has 0 atom stereocenters. The molecule has 1 fully saturated rings. The Hall–Kier alpha value is -3.61. The molecule has 2 aromatic heterocycles. The van der Waals surface area contributed by atoms with E-state index in [9.17, 15) is 4.79 Å². The molecule has 0 spiro atoms. The summed E-state index contributed by atoms with van der Waals surface area (Å²) in [4.78, 5) is 21.5. The molecule has 6 nitrogen and oxygen atoms in total. The van der Waals surface area contributed by atoms with E-state index in [-0.39, 0.29) is 18.3 Å². The van der Waals surface area contributed by atoms with Crippen LogP contribution < -0.4 is 5.73 Å². The minimum Gasteiger partial charge on any atom is -0.383 e. The first kappa shape index (κ1) is 28.4. The maximum atomic E-state index is 12.9. The van der Waals surface area contributed by atoms with Crippen LogP contribution in [0.15, 0.2) is 79.0 Å². The molecular formula is C32H38ClN5O. The first-order valence-electron chi connectivity index (χ1n) is 13.4. The van der Waals surface area contributed by atoms with Gasteiger partial charge in [0, 0.05) is 49.7 Å². The summed E-state index contributed by atoms with van der Waals surface area (Å²) in [5, 5.41) is 1.18. The third-order valence-electron chi connectivity index (χ3n) is 7.74. The number of aromatic nitrogens is 2. The Kier molecular flexibility index (Phi) is 9.44. The summed E-state index contributed by atoms with van der Waals surface area (Å²) in [7, 11) is 3.87. The molecular weight excluding hydrogens is 506 g/mol. The van der Waals surface area contributed by atoms with Crippen LogP contribution in [0, 0.1) is 5.92 Å². The predicted octanol–water partition coefficient (Wildman–Crippen LogP) is 5.70. The van der Waals surface area contributed by atoms with E-state index < -0.39 is 0 Å². The van der Waals surface area contributed by atoms with Crippen LogP contribution >= 0.6 is 12.4 Å². The average Bonchev–Trinajstić information content (AvgIpc) is 3.25. The minimum atomic E-state index is -0.0471. The van der Waals surface area contributed by atoms with Gasteiger partial charge >= 0.3 is 0 Å². The van der Waals surface area contributed by atoms with Gasteiger partial charge in [0.15, 0.2) is 0 Å². The number of rotatable bonds is 8. The quantitative estimate of drug-likeness (QED) is 0.289. The third kappa shape index (κ3) is 7.08. The lowest BCUT2D eigenvalue weighted by atomic mass is 9.90. The van der Waals surface area contributed by atoms with Crippen molar-refractivity contribution in [1.82, 2.24) is 19.4 Å². The summed E-state index contributed by atoms with van der Waals surface area (Å²) >= 11 is 0. The molecule has 0 unspecified atom stereocenters. The van der Waals surface area contributed by atoms with Crippen LogP contribution in [0.5, 0.6) is 0 Å². The van der Waals surface area contributed by atoms with Gasteiger partial charge in [0.05, 0.1) is 6.54 Å². The molecule has 1 saturated heterocycles. The van der Waals surface area contributed by atoms with E-state index in [0.717, 1.165) is 48.8 Å². The lowest BCUT2D eigenvalue weighted by Gasteiger charge is -2.32. The Morgan fingerprint density at radius 3 is 2.54 bits per heavy atom. The van der Waals surface area contributed by atoms with E-state index in [1.165, 1.54) is 29.3 Å². The van der Waals surface area contributed by atoms with Crippen molar-refractivity contribution in [1.29, 1.82) is 0 Å². The summed E-state index contributed by atoms with van der Waals surface area (Å²) in [5.74, 6) is 1.25. The average molecular weight is 544 g/mol. The maximum Gasteiger partial charge on any atom is 0.246 e. The number of carbonyl (C=O) groups is 1. The highest BCUT2D eigenvalue weighted by molar-refractivity contribution is 5.91. The number of likely N-dealkylation sites (tertiary alicyclic amines) is 1. The first-order chi connectivity index (χ1) is 18.5. The largest absolute Gasteiger partial charge is 0.383 e. The second-order valence-corrected chi connectivity index (χ2v) is 10.5. The van der Waals surface area contributed by atoms with Gasteiger partial charge in [0.1, 0.15) is 5.82 Å². The number of likely N-dealkylation sites (N-methyl/N-ethyl adjacent to an activating group) is 1. The number of benzene rings is 2. The fourth-order valence-electron chi connectivity index (χ4n) is 5.41. The molecule has 204 valence electrons. The number of nitrogens with zero attached hydrogens (tertiary/aromatic N) is 4. The summed E-state index contributed by atoms with van der Waals surface area (Å²) in [5.41, 5.74) is 11.8. The normalized spacial score (nSPS) is 14.5. The third-order valence-corrected chi connectivity index (χ3v) is 7.74. The highest BCUT2D eigenvalue weighted by atomic mass is 35.5. The molecule has 1 aliphatic rings. The number of fused-ring (bicyclic) bond motifs is 1. The molecule has 39 heavy (non-hydrogen) atoms. The zero-order chi connectivity index (χ0) is 26.5. The Balaban J connectivity index is 0.00000353. The lowest BCUT2D eigenvalue weighted by Crippen LogP contribution is -2.34. The Morgan fingerprint density at radius 1 is 1.08 bits per heavy atom. The number of aryl methyl sites for hydroxylation is 1. The molecule has 5 rings (SSSR count). The van der Waals surface area contributed by atoms with E-state index >= 15 is 0 Å². The maximum absolute atomic E-state index is 12.9. The summed E-state index contributed by atoms with van der Waals surface area (Å²) in [6.07, 6.45) is 8.73. The highest BCUT2D eigenvalue weighted by Crippen LogP contribution is 2.24. The smallest absolute Gasteiger partial charge is 0.246 e. The second-order valence-electron chi connectivity index (χ2n) is 10.5.